The zero-order chi connectivity index (χ0) is 15.2. The van der Waals surface area contributed by atoms with Crippen LogP contribution in [0.4, 0.5) is 0 Å². The lowest BCUT2D eigenvalue weighted by atomic mass is 10.1. The number of carbonyl (C=O) groups excluding carboxylic acids is 1. The maximum atomic E-state index is 11.5. The first-order chi connectivity index (χ1) is 10.1. The normalized spacial score (nSPS) is 12.1. The molecule has 2 N–H and O–H groups in total. The van der Waals surface area contributed by atoms with Crippen LogP contribution < -0.4 is 5.73 Å². The Bertz CT molecular complexity index is 597. The molecule has 0 saturated carbocycles. The minimum atomic E-state index is -0.628. The van der Waals surface area contributed by atoms with E-state index in [0.29, 0.717) is 25.4 Å². The van der Waals surface area contributed by atoms with E-state index >= 15 is 0 Å². The molecule has 0 bridgehead atoms. The minimum Gasteiger partial charge on any atom is -0.465 e. The van der Waals surface area contributed by atoms with E-state index in [-0.39, 0.29) is 5.97 Å². The van der Waals surface area contributed by atoms with Crippen LogP contribution in [0.15, 0.2) is 24.8 Å². The van der Waals surface area contributed by atoms with Gasteiger partial charge in [-0.1, -0.05) is 0 Å². The van der Waals surface area contributed by atoms with Crippen molar-refractivity contribution in [2.75, 3.05) is 6.61 Å². The highest BCUT2D eigenvalue weighted by Crippen LogP contribution is 2.08. The monoisotopic (exact) mass is 289 g/mol. The van der Waals surface area contributed by atoms with Crippen molar-refractivity contribution in [1.29, 1.82) is 0 Å². The van der Waals surface area contributed by atoms with Gasteiger partial charge in [0.25, 0.3) is 0 Å². The Kier molecular flexibility index (Phi) is 4.99. The van der Waals surface area contributed by atoms with Gasteiger partial charge in [-0.2, -0.15) is 0 Å². The molecule has 0 fully saturated rings. The average Bonchev–Trinajstić information content (AvgIpc) is 2.98. The van der Waals surface area contributed by atoms with Gasteiger partial charge in [-0.25, -0.2) is 15.0 Å². The van der Waals surface area contributed by atoms with Crippen LogP contribution in [0.3, 0.4) is 0 Å². The van der Waals surface area contributed by atoms with Crippen LogP contribution in [0, 0.1) is 6.92 Å². The third kappa shape index (κ3) is 4.09. The minimum absolute atomic E-state index is 0.337. The highest BCUT2D eigenvalue weighted by molar-refractivity contribution is 5.75. The standard InChI is InChI=1S/C14H19N5O2/c1-3-21-13(20)12(15)5-4-11-8-10(2)17-14(18-11)19-7-6-16-9-19/h6-9,12H,3-5,15H2,1-2H3. The van der Waals surface area contributed by atoms with Crippen molar-refractivity contribution in [2.45, 2.75) is 32.7 Å². The number of imidazole rings is 1. The van der Waals surface area contributed by atoms with Crippen LogP contribution in [0.25, 0.3) is 5.95 Å². The molecule has 2 aromatic rings. The van der Waals surface area contributed by atoms with Crippen molar-refractivity contribution >= 4 is 5.97 Å². The predicted molar refractivity (Wildman–Crippen MR) is 76.8 cm³/mol. The number of nitrogens with two attached hydrogens (primary N) is 1. The van der Waals surface area contributed by atoms with E-state index in [4.69, 9.17) is 10.5 Å². The molecule has 112 valence electrons. The SMILES string of the molecule is CCOC(=O)C(N)CCc1cc(C)nc(-n2ccnc2)n1. The Hall–Kier alpha value is -2.28. The summed E-state index contributed by atoms with van der Waals surface area (Å²) in [7, 11) is 0. The summed E-state index contributed by atoms with van der Waals surface area (Å²) < 4.78 is 6.63. The maximum absolute atomic E-state index is 11.5. The molecule has 0 radical (unpaired) electrons. The van der Waals surface area contributed by atoms with Crippen LogP contribution in [0.5, 0.6) is 0 Å². The first-order valence-electron chi connectivity index (χ1n) is 6.85. The summed E-state index contributed by atoms with van der Waals surface area (Å²) in [6.07, 6.45) is 6.16. The number of aryl methyl sites for hydroxylation is 2. The second kappa shape index (κ2) is 6.94. The van der Waals surface area contributed by atoms with Gasteiger partial charge in [0.2, 0.25) is 5.95 Å². The van der Waals surface area contributed by atoms with Crippen LogP contribution in [-0.4, -0.2) is 38.1 Å². The van der Waals surface area contributed by atoms with Gasteiger partial charge in [-0.15, -0.1) is 0 Å². The molecule has 0 saturated heterocycles. The highest BCUT2D eigenvalue weighted by atomic mass is 16.5. The number of aromatic nitrogens is 4. The van der Waals surface area contributed by atoms with Gasteiger partial charge in [0.1, 0.15) is 12.4 Å². The van der Waals surface area contributed by atoms with E-state index in [1.807, 2.05) is 13.0 Å². The fourth-order valence-electron chi connectivity index (χ4n) is 1.91. The Labute approximate surface area is 123 Å². The first-order valence-corrected chi connectivity index (χ1v) is 6.85. The van der Waals surface area contributed by atoms with E-state index in [1.54, 1.807) is 30.2 Å². The third-order valence-corrected chi connectivity index (χ3v) is 2.93. The molecule has 1 unspecified atom stereocenters. The smallest absolute Gasteiger partial charge is 0.322 e. The quantitative estimate of drug-likeness (QED) is 0.790. The molecular weight excluding hydrogens is 270 g/mol. The molecule has 2 aromatic heterocycles. The van der Waals surface area contributed by atoms with Crippen molar-refractivity contribution in [1.82, 2.24) is 19.5 Å². The molecule has 2 rings (SSSR count). The highest BCUT2D eigenvalue weighted by Gasteiger charge is 2.15. The lowest BCUT2D eigenvalue weighted by Crippen LogP contribution is -2.32. The van der Waals surface area contributed by atoms with Crippen molar-refractivity contribution in [3.05, 3.63) is 36.2 Å². The zero-order valence-corrected chi connectivity index (χ0v) is 12.2. The summed E-state index contributed by atoms with van der Waals surface area (Å²) in [5.74, 6) is 0.185. The molecule has 0 aromatic carbocycles. The van der Waals surface area contributed by atoms with Gasteiger partial charge in [0.15, 0.2) is 0 Å². The summed E-state index contributed by atoms with van der Waals surface area (Å²) in [4.78, 5) is 24.3. The second-order valence-corrected chi connectivity index (χ2v) is 4.67. The van der Waals surface area contributed by atoms with Gasteiger partial charge < -0.3 is 10.5 Å². The molecule has 7 nitrogen and oxygen atoms in total. The lowest BCUT2D eigenvalue weighted by molar-refractivity contribution is -0.144. The average molecular weight is 289 g/mol. The zero-order valence-electron chi connectivity index (χ0n) is 12.2. The van der Waals surface area contributed by atoms with Crippen LogP contribution in [-0.2, 0) is 16.0 Å². The molecule has 1 atom stereocenters. The number of ether oxygens (including phenoxy) is 1. The Morgan fingerprint density at radius 2 is 2.29 bits per heavy atom. The van der Waals surface area contributed by atoms with Crippen molar-refractivity contribution in [3.8, 4) is 5.95 Å². The van der Waals surface area contributed by atoms with E-state index in [0.717, 1.165) is 11.4 Å². The Morgan fingerprint density at radius 1 is 1.48 bits per heavy atom. The Morgan fingerprint density at radius 3 is 2.95 bits per heavy atom. The number of esters is 1. The van der Waals surface area contributed by atoms with E-state index in [1.165, 1.54) is 0 Å². The molecule has 0 aliphatic heterocycles. The predicted octanol–water partition coefficient (Wildman–Crippen LogP) is 0.794. The molecule has 0 amide bonds. The van der Waals surface area contributed by atoms with Crippen LogP contribution in [0.2, 0.25) is 0 Å². The fourth-order valence-corrected chi connectivity index (χ4v) is 1.91. The van der Waals surface area contributed by atoms with E-state index in [9.17, 15) is 4.79 Å². The molecule has 0 aliphatic carbocycles. The summed E-state index contributed by atoms with van der Waals surface area (Å²) in [5.41, 5.74) is 7.48. The lowest BCUT2D eigenvalue weighted by Gasteiger charge is -2.11. The van der Waals surface area contributed by atoms with Gasteiger partial charge in [0.05, 0.1) is 6.61 Å². The molecule has 2 heterocycles. The topological polar surface area (TPSA) is 95.9 Å². The fraction of sp³-hybridized carbons (Fsp3) is 0.429. The largest absolute Gasteiger partial charge is 0.465 e. The Balaban J connectivity index is 2.05. The molecule has 21 heavy (non-hydrogen) atoms. The number of hydrogen-bond acceptors (Lipinski definition) is 6. The summed E-state index contributed by atoms with van der Waals surface area (Å²) in [5, 5.41) is 0. The van der Waals surface area contributed by atoms with Crippen molar-refractivity contribution < 1.29 is 9.53 Å². The van der Waals surface area contributed by atoms with Gasteiger partial charge in [0, 0.05) is 23.8 Å². The number of hydrogen-bond donors (Lipinski definition) is 1. The van der Waals surface area contributed by atoms with Crippen molar-refractivity contribution in [2.24, 2.45) is 5.73 Å². The molecule has 0 aliphatic rings. The molecule has 7 heteroatoms. The van der Waals surface area contributed by atoms with Crippen molar-refractivity contribution in [3.63, 3.8) is 0 Å². The maximum Gasteiger partial charge on any atom is 0.322 e. The summed E-state index contributed by atoms with van der Waals surface area (Å²) in [6, 6.07) is 1.26. The second-order valence-electron chi connectivity index (χ2n) is 4.67. The number of rotatable bonds is 6. The number of carbonyl (C=O) groups is 1. The molecule has 0 spiro atoms. The summed E-state index contributed by atoms with van der Waals surface area (Å²) in [6.45, 7) is 4.00. The molecular formula is C14H19N5O2. The number of nitrogens with zero attached hydrogens (tertiary/aromatic N) is 4. The van der Waals surface area contributed by atoms with E-state index < -0.39 is 6.04 Å². The van der Waals surface area contributed by atoms with Crippen LogP contribution in [0.1, 0.15) is 24.7 Å². The summed E-state index contributed by atoms with van der Waals surface area (Å²) >= 11 is 0. The van der Waals surface area contributed by atoms with E-state index in [2.05, 4.69) is 15.0 Å². The van der Waals surface area contributed by atoms with Gasteiger partial charge >= 0.3 is 5.97 Å². The van der Waals surface area contributed by atoms with Gasteiger partial charge in [-0.05, 0) is 32.8 Å². The third-order valence-electron chi connectivity index (χ3n) is 2.93. The van der Waals surface area contributed by atoms with Gasteiger partial charge in [-0.3, -0.25) is 9.36 Å². The first kappa shape index (κ1) is 15.1. The van der Waals surface area contributed by atoms with Crippen LogP contribution >= 0.6 is 0 Å².